The van der Waals surface area contributed by atoms with E-state index in [1.54, 1.807) is 0 Å². The minimum absolute atomic E-state index is 0.824. The first-order valence-electron chi connectivity index (χ1n) is 9.48. The van der Waals surface area contributed by atoms with E-state index >= 15 is 0 Å². The molecule has 2 aromatic heterocycles. The fourth-order valence-corrected chi connectivity index (χ4v) is 3.68. The Morgan fingerprint density at radius 3 is 2.38 bits per heavy atom. The molecule has 26 heavy (non-hydrogen) atoms. The van der Waals surface area contributed by atoms with Gasteiger partial charge in [0.15, 0.2) is 5.82 Å². The molecular weight excluding hydrogens is 326 g/mol. The maximum Gasteiger partial charge on any atom is 0.227 e. The van der Waals surface area contributed by atoms with E-state index < -0.39 is 0 Å². The van der Waals surface area contributed by atoms with E-state index in [-0.39, 0.29) is 0 Å². The van der Waals surface area contributed by atoms with E-state index in [1.807, 2.05) is 32.0 Å². The number of hydrogen-bond acceptors (Lipinski definition) is 7. The van der Waals surface area contributed by atoms with Crippen molar-refractivity contribution in [2.45, 2.75) is 32.6 Å². The van der Waals surface area contributed by atoms with Crippen LogP contribution in [-0.4, -0.2) is 60.4 Å². The van der Waals surface area contributed by atoms with Gasteiger partial charge in [-0.2, -0.15) is 10.1 Å². The Morgan fingerprint density at radius 2 is 1.62 bits per heavy atom. The van der Waals surface area contributed by atoms with Crippen LogP contribution in [0.3, 0.4) is 0 Å². The smallest absolute Gasteiger partial charge is 0.227 e. The third kappa shape index (κ3) is 3.43. The van der Waals surface area contributed by atoms with Crippen molar-refractivity contribution < 1.29 is 0 Å². The highest BCUT2D eigenvalue weighted by atomic mass is 15.4. The summed E-state index contributed by atoms with van der Waals surface area (Å²) >= 11 is 0. The SMILES string of the molecule is Cc1cc(N(C)C)nc(N2CCN(c3cc4c(nn3)CCCC4)CC2)n1. The summed E-state index contributed by atoms with van der Waals surface area (Å²) in [7, 11) is 4.02. The number of anilines is 3. The number of piperazine rings is 1. The molecule has 138 valence electrons. The van der Waals surface area contributed by atoms with E-state index in [0.717, 1.165) is 62.3 Å². The molecule has 1 fully saturated rings. The number of hydrogen-bond donors (Lipinski definition) is 0. The van der Waals surface area contributed by atoms with Crippen LogP contribution < -0.4 is 14.7 Å². The van der Waals surface area contributed by atoms with Crippen molar-refractivity contribution in [2.24, 2.45) is 0 Å². The molecule has 1 aliphatic carbocycles. The second kappa shape index (κ2) is 7.05. The van der Waals surface area contributed by atoms with Crippen LogP contribution in [-0.2, 0) is 12.8 Å². The molecule has 2 aromatic rings. The van der Waals surface area contributed by atoms with Crippen LogP contribution in [0.4, 0.5) is 17.6 Å². The van der Waals surface area contributed by atoms with Crippen molar-refractivity contribution in [3.05, 3.63) is 29.1 Å². The van der Waals surface area contributed by atoms with Gasteiger partial charge in [-0.1, -0.05) is 0 Å². The van der Waals surface area contributed by atoms with E-state index in [2.05, 4.69) is 31.0 Å². The van der Waals surface area contributed by atoms with Gasteiger partial charge in [0.2, 0.25) is 5.95 Å². The van der Waals surface area contributed by atoms with Crippen LogP contribution in [0, 0.1) is 6.92 Å². The minimum atomic E-state index is 0.824. The summed E-state index contributed by atoms with van der Waals surface area (Å²) in [4.78, 5) is 16.0. The Labute approximate surface area is 155 Å². The molecule has 0 bridgehead atoms. The number of rotatable bonds is 3. The fourth-order valence-electron chi connectivity index (χ4n) is 3.68. The molecule has 0 saturated carbocycles. The second-order valence-corrected chi connectivity index (χ2v) is 7.42. The number of aryl methyl sites for hydroxylation is 3. The molecule has 1 aliphatic heterocycles. The number of fused-ring (bicyclic) bond motifs is 1. The minimum Gasteiger partial charge on any atom is -0.363 e. The molecule has 0 aromatic carbocycles. The van der Waals surface area contributed by atoms with Gasteiger partial charge in [-0.15, -0.1) is 5.10 Å². The zero-order chi connectivity index (χ0) is 18.1. The first-order chi connectivity index (χ1) is 12.6. The summed E-state index contributed by atoms with van der Waals surface area (Å²) in [5.41, 5.74) is 3.59. The highest BCUT2D eigenvalue weighted by molar-refractivity contribution is 5.48. The third-order valence-electron chi connectivity index (χ3n) is 5.23. The average Bonchev–Trinajstić information content (AvgIpc) is 2.67. The third-order valence-corrected chi connectivity index (χ3v) is 5.23. The molecule has 4 rings (SSSR count). The first kappa shape index (κ1) is 17.0. The maximum absolute atomic E-state index is 4.71. The van der Waals surface area contributed by atoms with Gasteiger partial charge in [0.25, 0.3) is 0 Å². The molecular formula is C19H27N7. The fraction of sp³-hybridized carbons (Fsp3) is 0.579. The van der Waals surface area contributed by atoms with E-state index in [0.29, 0.717) is 0 Å². The summed E-state index contributed by atoms with van der Waals surface area (Å²) in [6.07, 6.45) is 4.73. The molecule has 0 spiro atoms. The van der Waals surface area contributed by atoms with Crippen LogP contribution in [0.1, 0.15) is 29.8 Å². The summed E-state index contributed by atoms with van der Waals surface area (Å²) in [5, 5.41) is 8.96. The van der Waals surface area contributed by atoms with Gasteiger partial charge in [0.1, 0.15) is 5.82 Å². The highest BCUT2D eigenvalue weighted by Crippen LogP contribution is 2.24. The molecule has 0 unspecified atom stereocenters. The normalized spacial score (nSPS) is 17.2. The molecule has 3 heterocycles. The summed E-state index contributed by atoms with van der Waals surface area (Å²) in [6, 6.07) is 4.27. The van der Waals surface area contributed by atoms with Crippen LogP contribution in [0.5, 0.6) is 0 Å². The van der Waals surface area contributed by atoms with Crippen molar-refractivity contribution in [2.75, 3.05) is 55.0 Å². The van der Waals surface area contributed by atoms with Gasteiger partial charge < -0.3 is 14.7 Å². The predicted molar refractivity (Wildman–Crippen MR) is 104 cm³/mol. The Morgan fingerprint density at radius 1 is 0.885 bits per heavy atom. The van der Waals surface area contributed by atoms with Crippen molar-refractivity contribution in [3.8, 4) is 0 Å². The Bertz CT molecular complexity index is 781. The quantitative estimate of drug-likeness (QED) is 0.834. The van der Waals surface area contributed by atoms with Gasteiger partial charge in [-0.05, 0) is 44.2 Å². The number of aromatic nitrogens is 4. The van der Waals surface area contributed by atoms with Gasteiger partial charge in [-0.3, -0.25) is 0 Å². The van der Waals surface area contributed by atoms with Crippen LogP contribution in [0.25, 0.3) is 0 Å². The zero-order valence-electron chi connectivity index (χ0n) is 15.9. The first-order valence-corrected chi connectivity index (χ1v) is 9.48. The molecule has 0 amide bonds. The standard InChI is InChI=1S/C19H27N7/c1-14-12-17(24(2)3)21-19(20-14)26-10-8-25(9-11-26)18-13-15-6-4-5-7-16(15)22-23-18/h12-13H,4-11H2,1-3H3. The number of nitrogens with zero attached hydrogens (tertiary/aromatic N) is 7. The van der Waals surface area contributed by atoms with Crippen molar-refractivity contribution in [3.63, 3.8) is 0 Å². The topological polar surface area (TPSA) is 61.3 Å². The van der Waals surface area contributed by atoms with Crippen LogP contribution in [0.15, 0.2) is 12.1 Å². The zero-order valence-corrected chi connectivity index (χ0v) is 15.9. The lowest BCUT2D eigenvalue weighted by Gasteiger charge is -2.35. The predicted octanol–water partition coefficient (Wildman–Crippen LogP) is 1.85. The molecule has 1 saturated heterocycles. The van der Waals surface area contributed by atoms with Crippen molar-refractivity contribution in [1.82, 2.24) is 20.2 Å². The van der Waals surface area contributed by atoms with Gasteiger partial charge in [0, 0.05) is 52.0 Å². The molecule has 7 nitrogen and oxygen atoms in total. The maximum atomic E-state index is 4.71. The summed E-state index contributed by atoms with van der Waals surface area (Å²) in [5.74, 6) is 2.80. The largest absolute Gasteiger partial charge is 0.363 e. The van der Waals surface area contributed by atoms with Crippen LogP contribution >= 0.6 is 0 Å². The second-order valence-electron chi connectivity index (χ2n) is 7.42. The molecule has 0 N–H and O–H groups in total. The average molecular weight is 353 g/mol. The lowest BCUT2D eigenvalue weighted by Crippen LogP contribution is -2.47. The monoisotopic (exact) mass is 353 g/mol. The summed E-state index contributed by atoms with van der Waals surface area (Å²) < 4.78 is 0. The van der Waals surface area contributed by atoms with Gasteiger partial charge >= 0.3 is 0 Å². The van der Waals surface area contributed by atoms with E-state index in [9.17, 15) is 0 Å². The van der Waals surface area contributed by atoms with Crippen LogP contribution in [0.2, 0.25) is 0 Å². The highest BCUT2D eigenvalue weighted by Gasteiger charge is 2.22. The van der Waals surface area contributed by atoms with Crippen molar-refractivity contribution in [1.29, 1.82) is 0 Å². The molecule has 2 aliphatic rings. The van der Waals surface area contributed by atoms with E-state index in [1.165, 1.54) is 24.1 Å². The van der Waals surface area contributed by atoms with Gasteiger partial charge in [0.05, 0.1) is 5.69 Å². The van der Waals surface area contributed by atoms with E-state index in [4.69, 9.17) is 4.98 Å². The Hall–Kier alpha value is -2.44. The summed E-state index contributed by atoms with van der Waals surface area (Å²) in [6.45, 7) is 5.66. The lowest BCUT2D eigenvalue weighted by atomic mass is 9.97. The van der Waals surface area contributed by atoms with Gasteiger partial charge in [-0.25, -0.2) is 4.98 Å². The lowest BCUT2D eigenvalue weighted by molar-refractivity contribution is 0.618. The molecule has 0 radical (unpaired) electrons. The Balaban J connectivity index is 1.46. The molecule has 0 atom stereocenters. The molecule has 7 heteroatoms. The van der Waals surface area contributed by atoms with Crippen molar-refractivity contribution >= 4 is 17.6 Å². The Kier molecular flexibility index (Phi) is 4.61.